The summed E-state index contributed by atoms with van der Waals surface area (Å²) >= 11 is 0. The Bertz CT molecular complexity index is 808. The summed E-state index contributed by atoms with van der Waals surface area (Å²) in [5.41, 5.74) is 1.87. The van der Waals surface area contributed by atoms with Crippen LogP contribution in [-0.4, -0.2) is 9.67 Å². The van der Waals surface area contributed by atoms with Crippen molar-refractivity contribution in [2.75, 3.05) is 0 Å². The third kappa shape index (κ3) is 2.64. The molecule has 3 aromatic rings. The fourth-order valence-electron chi connectivity index (χ4n) is 2.57. The zero-order valence-corrected chi connectivity index (χ0v) is 12.6. The lowest BCUT2D eigenvalue weighted by molar-refractivity contribution is 0.290. The lowest BCUT2D eigenvalue weighted by Crippen LogP contribution is -1.98. The molecule has 0 saturated heterocycles. The Balaban J connectivity index is 1.96. The number of benzene rings is 2. The van der Waals surface area contributed by atoms with Gasteiger partial charge in [-0.1, -0.05) is 12.1 Å². The van der Waals surface area contributed by atoms with Gasteiger partial charge < -0.3 is 14.4 Å². The molecule has 3 nitrogen and oxygen atoms in total. The van der Waals surface area contributed by atoms with Crippen molar-refractivity contribution in [2.45, 2.75) is 26.5 Å². The summed E-state index contributed by atoms with van der Waals surface area (Å²) < 4.78 is 21.3. The summed E-state index contributed by atoms with van der Waals surface area (Å²) in [6.45, 7) is 4.43. The van der Waals surface area contributed by atoms with Crippen molar-refractivity contribution in [3.8, 4) is 11.5 Å². The number of phenolic OH excluding ortho intramolecular Hbond substituents is 1. The molecule has 1 heterocycles. The Hall–Kier alpha value is -2.49. The van der Waals surface area contributed by atoms with Crippen molar-refractivity contribution >= 4 is 10.9 Å². The fraction of sp³-hybridized carbons (Fsp3) is 0.222. The maximum Gasteiger partial charge on any atom is 0.161 e. The van der Waals surface area contributed by atoms with Gasteiger partial charge >= 0.3 is 0 Å². The first-order chi connectivity index (χ1) is 10.6. The van der Waals surface area contributed by atoms with Crippen molar-refractivity contribution in [3.05, 3.63) is 60.0 Å². The Morgan fingerprint density at radius 2 is 1.95 bits per heavy atom. The number of nitrogens with zero attached hydrogens (tertiary/aromatic N) is 1. The molecule has 0 aliphatic carbocycles. The van der Waals surface area contributed by atoms with E-state index in [1.165, 1.54) is 12.1 Å². The maximum absolute atomic E-state index is 13.6. The van der Waals surface area contributed by atoms with Crippen molar-refractivity contribution in [1.29, 1.82) is 0 Å². The average Bonchev–Trinajstić information content (AvgIpc) is 2.84. The molecule has 0 radical (unpaired) electrons. The second-order valence-corrected chi connectivity index (χ2v) is 5.57. The minimum atomic E-state index is -0.266. The number of aromatic nitrogens is 1. The van der Waals surface area contributed by atoms with E-state index in [-0.39, 0.29) is 24.2 Å². The molecule has 0 saturated carbocycles. The van der Waals surface area contributed by atoms with Gasteiger partial charge in [0.2, 0.25) is 0 Å². The van der Waals surface area contributed by atoms with Crippen LogP contribution in [0.5, 0.6) is 11.5 Å². The predicted molar refractivity (Wildman–Crippen MR) is 84.7 cm³/mol. The number of hydrogen-bond donors (Lipinski definition) is 1. The summed E-state index contributed by atoms with van der Waals surface area (Å²) in [5.74, 6) is 0.253. The van der Waals surface area contributed by atoms with Gasteiger partial charge in [0.1, 0.15) is 12.4 Å². The SMILES string of the molecule is CC(C)n1cc(COc2ccccc2O)c2cc(F)ccc21. The first-order valence-corrected chi connectivity index (χ1v) is 7.26. The standard InChI is InChI=1S/C18H18FNO2/c1-12(2)20-10-13(15-9-14(19)7-8-16(15)20)11-22-18-6-4-3-5-17(18)21/h3-10,12,21H,11H2,1-2H3. The van der Waals surface area contributed by atoms with Crippen LogP contribution in [0.15, 0.2) is 48.7 Å². The molecule has 4 heteroatoms. The van der Waals surface area contributed by atoms with E-state index in [0.717, 1.165) is 16.5 Å². The van der Waals surface area contributed by atoms with E-state index < -0.39 is 0 Å². The monoisotopic (exact) mass is 299 g/mol. The van der Waals surface area contributed by atoms with E-state index in [1.807, 2.05) is 6.20 Å². The highest BCUT2D eigenvalue weighted by Crippen LogP contribution is 2.29. The largest absolute Gasteiger partial charge is 0.504 e. The zero-order chi connectivity index (χ0) is 15.7. The molecule has 0 aliphatic rings. The quantitative estimate of drug-likeness (QED) is 0.761. The average molecular weight is 299 g/mol. The van der Waals surface area contributed by atoms with Crippen LogP contribution in [0.3, 0.4) is 0 Å². The van der Waals surface area contributed by atoms with Crippen LogP contribution in [-0.2, 0) is 6.61 Å². The van der Waals surface area contributed by atoms with Gasteiger partial charge in [-0.25, -0.2) is 4.39 Å². The predicted octanol–water partition coefficient (Wildman–Crippen LogP) is 4.65. The summed E-state index contributed by atoms with van der Waals surface area (Å²) in [6, 6.07) is 11.9. The van der Waals surface area contributed by atoms with Crippen LogP contribution >= 0.6 is 0 Å². The van der Waals surface area contributed by atoms with E-state index in [9.17, 15) is 9.50 Å². The molecule has 22 heavy (non-hydrogen) atoms. The van der Waals surface area contributed by atoms with Gasteiger partial charge in [0.15, 0.2) is 11.5 Å². The second kappa shape index (κ2) is 5.72. The Morgan fingerprint density at radius 1 is 1.18 bits per heavy atom. The molecule has 3 rings (SSSR count). The molecular formula is C18H18FNO2. The van der Waals surface area contributed by atoms with Gasteiger partial charge in [0.05, 0.1) is 0 Å². The van der Waals surface area contributed by atoms with Gasteiger partial charge in [0.25, 0.3) is 0 Å². The van der Waals surface area contributed by atoms with E-state index in [1.54, 1.807) is 30.3 Å². The van der Waals surface area contributed by atoms with E-state index in [4.69, 9.17) is 4.74 Å². The van der Waals surface area contributed by atoms with Crippen LogP contribution in [0.4, 0.5) is 4.39 Å². The molecule has 0 unspecified atom stereocenters. The number of hydrogen-bond acceptors (Lipinski definition) is 2. The molecule has 0 fully saturated rings. The maximum atomic E-state index is 13.6. The number of fused-ring (bicyclic) bond motifs is 1. The molecule has 0 amide bonds. The Kier molecular flexibility index (Phi) is 3.75. The number of aromatic hydroxyl groups is 1. The highest BCUT2D eigenvalue weighted by molar-refractivity contribution is 5.84. The van der Waals surface area contributed by atoms with Gasteiger partial charge in [-0.05, 0) is 44.2 Å². The van der Waals surface area contributed by atoms with Crippen LogP contribution in [0.1, 0.15) is 25.5 Å². The number of phenols is 1. The van der Waals surface area contributed by atoms with Crippen molar-refractivity contribution in [2.24, 2.45) is 0 Å². The molecule has 1 aromatic heterocycles. The first-order valence-electron chi connectivity index (χ1n) is 7.26. The van der Waals surface area contributed by atoms with Gasteiger partial charge in [0, 0.05) is 28.7 Å². The Labute approximate surface area is 128 Å². The van der Waals surface area contributed by atoms with Crippen molar-refractivity contribution in [1.82, 2.24) is 4.57 Å². The lowest BCUT2D eigenvalue weighted by atomic mass is 10.2. The third-order valence-electron chi connectivity index (χ3n) is 3.68. The smallest absolute Gasteiger partial charge is 0.161 e. The van der Waals surface area contributed by atoms with Crippen LogP contribution in [0.2, 0.25) is 0 Å². The molecule has 0 atom stereocenters. The molecule has 2 aromatic carbocycles. The van der Waals surface area contributed by atoms with E-state index in [2.05, 4.69) is 18.4 Å². The van der Waals surface area contributed by atoms with Crippen molar-refractivity contribution in [3.63, 3.8) is 0 Å². The minimum absolute atomic E-state index is 0.0984. The molecule has 0 aliphatic heterocycles. The summed E-state index contributed by atoms with van der Waals surface area (Å²) in [4.78, 5) is 0. The minimum Gasteiger partial charge on any atom is -0.504 e. The summed E-state index contributed by atoms with van der Waals surface area (Å²) in [6.07, 6.45) is 1.98. The normalized spacial score (nSPS) is 11.3. The molecule has 0 spiro atoms. The van der Waals surface area contributed by atoms with Crippen LogP contribution < -0.4 is 4.74 Å². The Morgan fingerprint density at radius 3 is 2.68 bits per heavy atom. The molecule has 0 bridgehead atoms. The van der Waals surface area contributed by atoms with Crippen LogP contribution in [0, 0.1) is 5.82 Å². The summed E-state index contributed by atoms with van der Waals surface area (Å²) in [5, 5.41) is 10.6. The number of halogens is 1. The number of para-hydroxylation sites is 2. The summed E-state index contributed by atoms with van der Waals surface area (Å²) in [7, 11) is 0. The van der Waals surface area contributed by atoms with Crippen LogP contribution in [0.25, 0.3) is 10.9 Å². The zero-order valence-electron chi connectivity index (χ0n) is 12.6. The highest BCUT2D eigenvalue weighted by Gasteiger charge is 2.12. The molecule has 114 valence electrons. The molecular weight excluding hydrogens is 281 g/mol. The lowest BCUT2D eigenvalue weighted by Gasteiger charge is -2.08. The van der Waals surface area contributed by atoms with Gasteiger partial charge in [-0.2, -0.15) is 0 Å². The third-order valence-corrected chi connectivity index (χ3v) is 3.68. The van der Waals surface area contributed by atoms with Crippen molar-refractivity contribution < 1.29 is 14.2 Å². The molecule has 1 N–H and O–H groups in total. The van der Waals surface area contributed by atoms with E-state index in [0.29, 0.717) is 5.75 Å². The fourth-order valence-corrected chi connectivity index (χ4v) is 2.57. The van der Waals surface area contributed by atoms with E-state index >= 15 is 0 Å². The topological polar surface area (TPSA) is 34.4 Å². The number of ether oxygens (including phenoxy) is 1. The van der Waals surface area contributed by atoms with Gasteiger partial charge in [-0.3, -0.25) is 0 Å². The highest BCUT2D eigenvalue weighted by atomic mass is 19.1. The second-order valence-electron chi connectivity index (χ2n) is 5.57. The first kappa shape index (κ1) is 14.4. The number of rotatable bonds is 4. The van der Waals surface area contributed by atoms with Gasteiger partial charge in [-0.15, -0.1) is 0 Å².